The minimum absolute atomic E-state index is 0.108. The van der Waals surface area contributed by atoms with Crippen molar-refractivity contribution in [1.29, 1.82) is 0 Å². The maximum Gasteiger partial charge on any atom is 0.263 e. The van der Waals surface area contributed by atoms with Crippen LogP contribution in [0.3, 0.4) is 0 Å². The molecule has 2 saturated heterocycles. The summed E-state index contributed by atoms with van der Waals surface area (Å²) in [5.41, 5.74) is 3.71. The van der Waals surface area contributed by atoms with E-state index in [4.69, 9.17) is 0 Å². The second-order valence-electron chi connectivity index (χ2n) is 9.87. The lowest BCUT2D eigenvalue weighted by Crippen LogP contribution is -2.50. The Hall–Kier alpha value is -2.43. The molecule has 0 N–H and O–H groups in total. The Bertz CT molecular complexity index is 1160. The molecular weight excluding hydrogens is 476 g/mol. The van der Waals surface area contributed by atoms with Gasteiger partial charge in [0.2, 0.25) is 5.03 Å². The van der Waals surface area contributed by atoms with Crippen molar-refractivity contribution in [2.75, 3.05) is 63.8 Å². The highest BCUT2D eigenvalue weighted by Gasteiger charge is 2.36. The van der Waals surface area contributed by atoms with E-state index in [-0.39, 0.29) is 16.5 Å². The van der Waals surface area contributed by atoms with Gasteiger partial charge in [-0.05, 0) is 50.9 Å². The number of hydrogen-bond donors (Lipinski definition) is 0. The molecule has 0 unspecified atom stereocenters. The Balaban J connectivity index is 1.49. The van der Waals surface area contributed by atoms with Gasteiger partial charge in [0.1, 0.15) is 0 Å². The first-order chi connectivity index (χ1) is 17.2. The van der Waals surface area contributed by atoms with Crippen LogP contribution >= 0.6 is 0 Å². The molecule has 9 nitrogen and oxygen atoms in total. The average molecular weight is 517 g/mol. The number of anilines is 1. The number of carbonyl (C=O) groups is 1. The largest absolute Gasteiger partial charge is 0.369 e. The maximum absolute atomic E-state index is 13.7. The summed E-state index contributed by atoms with van der Waals surface area (Å²) in [6, 6.07) is 6.35. The summed E-state index contributed by atoms with van der Waals surface area (Å²) in [6.45, 7) is 14.5. The first-order valence-electron chi connectivity index (χ1n) is 13.2. The molecule has 0 spiro atoms. The lowest BCUT2D eigenvalue weighted by molar-refractivity contribution is 0.0631. The van der Waals surface area contributed by atoms with Crippen LogP contribution in [0.25, 0.3) is 0 Å². The number of hydrogen-bond acceptors (Lipinski definition) is 6. The molecule has 2 aliphatic heterocycles. The molecule has 0 radical (unpaired) electrons. The molecule has 0 saturated carbocycles. The molecule has 10 heteroatoms. The fourth-order valence-electron chi connectivity index (χ4n) is 4.98. The number of carbonyl (C=O) groups excluding carboxylic acids is 1. The van der Waals surface area contributed by atoms with E-state index < -0.39 is 10.0 Å². The molecule has 0 aliphatic carbocycles. The Morgan fingerprint density at radius 2 is 1.67 bits per heavy atom. The Labute approximate surface area is 215 Å². The Morgan fingerprint density at radius 1 is 0.972 bits per heavy atom. The normalized spacial score (nSPS) is 18.1. The third kappa shape index (κ3) is 5.60. The van der Waals surface area contributed by atoms with Crippen LogP contribution in [-0.4, -0.2) is 97.1 Å². The zero-order valence-corrected chi connectivity index (χ0v) is 22.9. The first kappa shape index (κ1) is 26.6. The van der Waals surface area contributed by atoms with Gasteiger partial charge in [0.05, 0.1) is 5.56 Å². The van der Waals surface area contributed by atoms with E-state index >= 15 is 0 Å². The summed E-state index contributed by atoms with van der Waals surface area (Å²) >= 11 is 0. The predicted octanol–water partition coefficient (Wildman–Crippen LogP) is 2.59. The van der Waals surface area contributed by atoms with E-state index in [0.29, 0.717) is 45.8 Å². The van der Waals surface area contributed by atoms with E-state index in [1.54, 1.807) is 15.8 Å². The number of rotatable bonds is 8. The number of amides is 1. The van der Waals surface area contributed by atoms with Gasteiger partial charge in [-0.3, -0.25) is 14.4 Å². The summed E-state index contributed by atoms with van der Waals surface area (Å²) in [5, 5.41) is 4.26. The van der Waals surface area contributed by atoms with Crippen LogP contribution in [0.2, 0.25) is 0 Å². The van der Waals surface area contributed by atoms with E-state index in [0.717, 1.165) is 38.2 Å². The summed E-state index contributed by atoms with van der Waals surface area (Å²) in [5.74, 6) is -0.238. The number of piperazine rings is 2. The van der Waals surface area contributed by atoms with Crippen molar-refractivity contribution in [2.24, 2.45) is 0 Å². The molecule has 36 heavy (non-hydrogen) atoms. The summed E-state index contributed by atoms with van der Waals surface area (Å²) in [4.78, 5) is 19.9. The molecule has 2 aliphatic rings. The van der Waals surface area contributed by atoms with Gasteiger partial charge >= 0.3 is 0 Å². The van der Waals surface area contributed by atoms with Gasteiger partial charge < -0.3 is 9.80 Å². The van der Waals surface area contributed by atoms with Crippen LogP contribution in [0.5, 0.6) is 0 Å². The molecule has 2 aromatic rings. The van der Waals surface area contributed by atoms with Crippen LogP contribution in [0.4, 0.5) is 5.69 Å². The van der Waals surface area contributed by atoms with Crippen molar-refractivity contribution >= 4 is 21.6 Å². The minimum atomic E-state index is -3.90. The molecule has 1 aromatic heterocycles. The topological polar surface area (TPSA) is 82.0 Å². The quantitative estimate of drug-likeness (QED) is 0.537. The number of nitrogens with zero attached hydrogens (tertiary/aromatic N) is 6. The number of sulfonamides is 1. The highest BCUT2D eigenvalue weighted by molar-refractivity contribution is 7.89. The second kappa shape index (κ2) is 11.3. The SMILES string of the molecule is CCCCN1CCN(C(=O)c2cn(CC)nc2S(=O)(=O)N2CCN(c3cc(C)ccc3C)CC2)CC1. The van der Waals surface area contributed by atoms with E-state index in [2.05, 4.69) is 53.9 Å². The number of benzene rings is 1. The maximum atomic E-state index is 13.7. The van der Waals surface area contributed by atoms with Crippen LogP contribution < -0.4 is 4.90 Å². The highest BCUT2D eigenvalue weighted by Crippen LogP contribution is 2.26. The third-order valence-electron chi connectivity index (χ3n) is 7.30. The monoisotopic (exact) mass is 516 g/mol. The van der Waals surface area contributed by atoms with E-state index in [1.165, 1.54) is 15.4 Å². The zero-order chi connectivity index (χ0) is 25.9. The number of aromatic nitrogens is 2. The van der Waals surface area contributed by atoms with Crippen molar-refractivity contribution in [3.63, 3.8) is 0 Å². The molecule has 1 aromatic carbocycles. The van der Waals surface area contributed by atoms with Crippen LogP contribution in [0.15, 0.2) is 29.4 Å². The van der Waals surface area contributed by atoms with Crippen LogP contribution in [0.1, 0.15) is 48.2 Å². The van der Waals surface area contributed by atoms with Crippen LogP contribution in [0, 0.1) is 13.8 Å². The van der Waals surface area contributed by atoms with Gasteiger partial charge in [-0.1, -0.05) is 25.5 Å². The average Bonchev–Trinajstić information content (AvgIpc) is 3.34. The van der Waals surface area contributed by atoms with Gasteiger partial charge in [0.15, 0.2) is 0 Å². The van der Waals surface area contributed by atoms with Gasteiger partial charge in [-0.25, -0.2) is 8.42 Å². The molecule has 198 valence electrons. The van der Waals surface area contributed by atoms with E-state index in [1.807, 2.05) is 6.92 Å². The van der Waals surface area contributed by atoms with Crippen LogP contribution in [-0.2, 0) is 16.6 Å². The van der Waals surface area contributed by atoms with Gasteiger partial charge in [-0.15, -0.1) is 0 Å². The van der Waals surface area contributed by atoms with Gasteiger partial charge in [-0.2, -0.15) is 9.40 Å². The molecule has 0 atom stereocenters. The minimum Gasteiger partial charge on any atom is -0.369 e. The predicted molar refractivity (Wildman–Crippen MR) is 142 cm³/mol. The fourth-order valence-corrected chi connectivity index (χ4v) is 6.50. The van der Waals surface area contributed by atoms with Crippen molar-refractivity contribution in [3.8, 4) is 0 Å². The second-order valence-corrected chi connectivity index (χ2v) is 11.7. The first-order valence-corrected chi connectivity index (χ1v) is 14.6. The Morgan fingerprint density at radius 3 is 2.31 bits per heavy atom. The molecule has 1 amide bonds. The number of unbranched alkanes of at least 4 members (excludes halogenated alkanes) is 1. The summed E-state index contributed by atoms with van der Waals surface area (Å²) in [7, 11) is -3.90. The van der Waals surface area contributed by atoms with Crippen molar-refractivity contribution in [3.05, 3.63) is 41.1 Å². The molecular formula is C26H40N6O3S. The molecule has 2 fully saturated rings. The number of aryl methyl sites for hydroxylation is 3. The summed E-state index contributed by atoms with van der Waals surface area (Å²) in [6.07, 6.45) is 3.90. The molecule has 3 heterocycles. The lowest BCUT2D eigenvalue weighted by atomic mass is 10.1. The van der Waals surface area contributed by atoms with E-state index in [9.17, 15) is 13.2 Å². The standard InChI is InChI=1S/C26H40N6O3S/c1-5-7-10-28-11-13-30(14-12-28)26(33)23-20-31(6-2)27-25(23)36(34,35)32-17-15-29(16-18-32)24-19-21(3)8-9-22(24)4/h8-9,19-20H,5-7,10-18H2,1-4H3. The Kier molecular flexibility index (Phi) is 8.37. The molecule has 4 rings (SSSR count). The van der Waals surface area contributed by atoms with Gasteiger partial charge in [0.25, 0.3) is 15.9 Å². The zero-order valence-electron chi connectivity index (χ0n) is 22.1. The van der Waals surface area contributed by atoms with Crippen molar-refractivity contribution in [2.45, 2.75) is 52.1 Å². The summed E-state index contributed by atoms with van der Waals surface area (Å²) < 4.78 is 30.5. The lowest BCUT2D eigenvalue weighted by Gasteiger charge is -2.36. The smallest absolute Gasteiger partial charge is 0.263 e. The highest BCUT2D eigenvalue weighted by atomic mass is 32.2. The third-order valence-corrected chi connectivity index (χ3v) is 9.13. The van der Waals surface area contributed by atoms with Crippen molar-refractivity contribution < 1.29 is 13.2 Å². The van der Waals surface area contributed by atoms with Gasteiger partial charge in [0, 0.05) is 70.8 Å². The molecule has 0 bridgehead atoms. The van der Waals surface area contributed by atoms with Crippen molar-refractivity contribution in [1.82, 2.24) is 23.9 Å². The fraction of sp³-hybridized carbons (Fsp3) is 0.615.